The molecule has 0 bridgehead atoms. The Morgan fingerprint density at radius 2 is 1.90 bits per heavy atom. The van der Waals surface area contributed by atoms with E-state index >= 15 is 0 Å². The number of fused-ring (bicyclic) bond motifs is 1. The molecule has 2 aromatic rings. The van der Waals surface area contributed by atoms with Gasteiger partial charge in [-0.05, 0) is 49.1 Å². The fourth-order valence-corrected chi connectivity index (χ4v) is 3.77. The summed E-state index contributed by atoms with van der Waals surface area (Å²) in [5, 5.41) is 1.72. The molecule has 1 aliphatic rings. The fraction of sp³-hybridized carbons (Fsp3) is 0.500. The van der Waals surface area contributed by atoms with E-state index < -0.39 is 0 Å². The summed E-state index contributed by atoms with van der Waals surface area (Å²) in [6.45, 7) is 2.25. The largest absolute Gasteiger partial charge is 0.385 e. The van der Waals surface area contributed by atoms with Crippen molar-refractivity contribution in [2.24, 2.45) is 5.92 Å². The highest BCUT2D eigenvalue weighted by molar-refractivity contribution is 5.83. The number of hydrogen-bond acceptors (Lipinski definition) is 2. The number of hydrogen-bond donors (Lipinski definition) is 1. The Balaban J connectivity index is 1.93. The molecule has 3 nitrogen and oxygen atoms in total. The van der Waals surface area contributed by atoms with Crippen LogP contribution in [0.1, 0.15) is 51.5 Å². The molecular formula is C18H24N2O. The number of nitrogens with zero attached hydrogens (tertiary/aromatic N) is 1. The number of nitrogens with two attached hydrogens (primary N) is 1. The predicted octanol–water partition coefficient (Wildman–Crippen LogP) is 4.12. The van der Waals surface area contributed by atoms with Crippen molar-refractivity contribution in [3.63, 3.8) is 0 Å². The molecule has 2 N–H and O–H groups in total. The summed E-state index contributed by atoms with van der Waals surface area (Å²) in [6.07, 6.45) is 7.16. The molecule has 1 fully saturated rings. The van der Waals surface area contributed by atoms with Gasteiger partial charge in [0.05, 0.1) is 0 Å². The quantitative estimate of drug-likeness (QED) is 0.921. The lowest BCUT2D eigenvalue weighted by Gasteiger charge is -2.30. The van der Waals surface area contributed by atoms with Gasteiger partial charge in [-0.1, -0.05) is 38.0 Å². The van der Waals surface area contributed by atoms with Gasteiger partial charge < -0.3 is 5.73 Å². The number of aromatic nitrogens is 1. The molecule has 0 saturated heterocycles. The average Bonchev–Trinajstić information content (AvgIpc) is 2.49. The number of anilines is 1. The Morgan fingerprint density at radius 1 is 1.19 bits per heavy atom. The summed E-state index contributed by atoms with van der Waals surface area (Å²) in [6, 6.07) is 9.93. The Morgan fingerprint density at radius 3 is 2.62 bits per heavy atom. The number of benzene rings is 1. The van der Waals surface area contributed by atoms with Crippen LogP contribution in [0.15, 0.2) is 35.1 Å². The third-order valence-electron chi connectivity index (χ3n) is 4.87. The molecule has 0 aliphatic heterocycles. The molecule has 0 amide bonds. The molecule has 0 atom stereocenters. The van der Waals surface area contributed by atoms with E-state index in [9.17, 15) is 4.79 Å². The van der Waals surface area contributed by atoms with Crippen molar-refractivity contribution in [2.75, 3.05) is 5.73 Å². The molecule has 1 heterocycles. The van der Waals surface area contributed by atoms with Crippen LogP contribution >= 0.6 is 0 Å². The fourth-order valence-electron chi connectivity index (χ4n) is 3.77. The minimum atomic E-state index is 0.0736. The molecule has 1 aliphatic carbocycles. The Bertz CT molecular complexity index is 681. The van der Waals surface area contributed by atoms with Gasteiger partial charge in [-0.15, -0.1) is 0 Å². The molecule has 1 aromatic heterocycles. The van der Waals surface area contributed by atoms with Gasteiger partial charge in [0.1, 0.15) is 5.82 Å². The molecule has 3 rings (SSSR count). The van der Waals surface area contributed by atoms with Crippen molar-refractivity contribution in [1.29, 1.82) is 0 Å². The van der Waals surface area contributed by atoms with Crippen LogP contribution in [0.2, 0.25) is 0 Å². The monoisotopic (exact) mass is 284 g/mol. The molecule has 0 spiro atoms. The molecule has 112 valence electrons. The van der Waals surface area contributed by atoms with Gasteiger partial charge in [0.15, 0.2) is 0 Å². The minimum absolute atomic E-state index is 0.0736. The minimum Gasteiger partial charge on any atom is -0.385 e. The third kappa shape index (κ3) is 2.69. The van der Waals surface area contributed by atoms with Crippen LogP contribution in [0.4, 0.5) is 5.82 Å². The van der Waals surface area contributed by atoms with Crippen LogP contribution in [-0.2, 0) is 0 Å². The molecule has 3 heteroatoms. The summed E-state index contributed by atoms with van der Waals surface area (Å²) in [5.74, 6) is 1.45. The second-order valence-electron chi connectivity index (χ2n) is 6.29. The smallest absolute Gasteiger partial charge is 0.260 e. The van der Waals surface area contributed by atoms with Crippen LogP contribution in [-0.4, -0.2) is 4.57 Å². The van der Waals surface area contributed by atoms with Gasteiger partial charge in [-0.25, -0.2) is 0 Å². The van der Waals surface area contributed by atoms with Crippen molar-refractivity contribution >= 4 is 16.6 Å². The maximum atomic E-state index is 12.7. The third-order valence-corrected chi connectivity index (χ3v) is 4.87. The maximum Gasteiger partial charge on any atom is 0.260 e. The Labute approximate surface area is 125 Å². The van der Waals surface area contributed by atoms with Crippen molar-refractivity contribution in [2.45, 2.75) is 51.5 Å². The standard InChI is InChI=1S/C18H24N2O/c1-2-5-13-8-10-15(11-9-13)20-17(19)12-14-6-3-4-7-16(14)18(20)21/h3-4,6-7,12-13,15H,2,5,8-11,19H2,1H3. The number of pyridine rings is 1. The lowest BCUT2D eigenvalue weighted by atomic mass is 9.83. The van der Waals surface area contributed by atoms with Gasteiger partial charge in [0, 0.05) is 11.4 Å². The van der Waals surface area contributed by atoms with E-state index in [4.69, 9.17) is 5.73 Å². The first-order chi connectivity index (χ1) is 10.2. The van der Waals surface area contributed by atoms with E-state index in [-0.39, 0.29) is 11.6 Å². The number of nitrogen functional groups attached to an aromatic ring is 1. The van der Waals surface area contributed by atoms with Gasteiger partial charge in [0.25, 0.3) is 5.56 Å². The van der Waals surface area contributed by atoms with Gasteiger partial charge in [-0.3, -0.25) is 9.36 Å². The lowest BCUT2D eigenvalue weighted by molar-refractivity contribution is 0.261. The molecule has 1 aromatic carbocycles. The first-order valence-corrected chi connectivity index (χ1v) is 8.10. The van der Waals surface area contributed by atoms with E-state index in [1.807, 2.05) is 34.9 Å². The van der Waals surface area contributed by atoms with Crippen molar-refractivity contribution < 1.29 is 0 Å². The summed E-state index contributed by atoms with van der Waals surface area (Å²) in [4.78, 5) is 12.7. The summed E-state index contributed by atoms with van der Waals surface area (Å²) >= 11 is 0. The zero-order valence-electron chi connectivity index (χ0n) is 12.7. The molecular weight excluding hydrogens is 260 g/mol. The first kappa shape index (κ1) is 14.2. The first-order valence-electron chi connectivity index (χ1n) is 8.10. The summed E-state index contributed by atoms with van der Waals surface area (Å²) in [7, 11) is 0. The van der Waals surface area contributed by atoms with Crippen LogP contribution in [0.25, 0.3) is 10.8 Å². The van der Waals surface area contributed by atoms with E-state index in [1.165, 1.54) is 25.7 Å². The molecule has 0 radical (unpaired) electrons. The van der Waals surface area contributed by atoms with Gasteiger partial charge in [-0.2, -0.15) is 0 Å². The van der Waals surface area contributed by atoms with E-state index in [0.29, 0.717) is 5.82 Å². The average molecular weight is 284 g/mol. The summed E-state index contributed by atoms with van der Waals surface area (Å²) in [5.41, 5.74) is 6.25. The number of rotatable bonds is 3. The van der Waals surface area contributed by atoms with Crippen molar-refractivity contribution in [1.82, 2.24) is 4.57 Å². The highest BCUT2D eigenvalue weighted by Gasteiger charge is 2.24. The van der Waals surface area contributed by atoms with E-state index in [1.54, 1.807) is 0 Å². The van der Waals surface area contributed by atoms with Crippen molar-refractivity contribution in [3.8, 4) is 0 Å². The van der Waals surface area contributed by atoms with Crippen LogP contribution in [0.5, 0.6) is 0 Å². The highest BCUT2D eigenvalue weighted by atomic mass is 16.1. The van der Waals surface area contributed by atoms with E-state index in [0.717, 1.165) is 29.5 Å². The van der Waals surface area contributed by atoms with Crippen LogP contribution in [0.3, 0.4) is 0 Å². The lowest BCUT2D eigenvalue weighted by Crippen LogP contribution is -2.30. The zero-order chi connectivity index (χ0) is 14.8. The van der Waals surface area contributed by atoms with Gasteiger partial charge in [0.2, 0.25) is 0 Å². The molecule has 21 heavy (non-hydrogen) atoms. The molecule has 1 saturated carbocycles. The van der Waals surface area contributed by atoms with Crippen LogP contribution in [0, 0.1) is 5.92 Å². The van der Waals surface area contributed by atoms with Gasteiger partial charge >= 0.3 is 0 Å². The topological polar surface area (TPSA) is 48.0 Å². The predicted molar refractivity (Wildman–Crippen MR) is 88.5 cm³/mol. The zero-order valence-corrected chi connectivity index (χ0v) is 12.7. The normalized spacial score (nSPS) is 22.5. The second-order valence-corrected chi connectivity index (χ2v) is 6.29. The highest BCUT2D eigenvalue weighted by Crippen LogP contribution is 2.35. The SMILES string of the molecule is CCCC1CCC(n2c(N)cc3ccccc3c2=O)CC1. The summed E-state index contributed by atoms with van der Waals surface area (Å²) < 4.78 is 1.84. The maximum absolute atomic E-state index is 12.7. The molecule has 0 unspecified atom stereocenters. The van der Waals surface area contributed by atoms with Crippen LogP contribution < -0.4 is 11.3 Å². The Hall–Kier alpha value is -1.77. The van der Waals surface area contributed by atoms with Crippen molar-refractivity contribution in [3.05, 3.63) is 40.7 Å². The Kier molecular flexibility index (Phi) is 4.00. The second kappa shape index (κ2) is 5.92. The van der Waals surface area contributed by atoms with E-state index in [2.05, 4.69) is 6.92 Å².